The first-order chi connectivity index (χ1) is 8.76. The van der Waals surface area contributed by atoms with Gasteiger partial charge in [0.15, 0.2) is 0 Å². The van der Waals surface area contributed by atoms with Crippen LogP contribution in [0.2, 0.25) is 0 Å². The maximum atomic E-state index is 5.06. The number of aromatic nitrogens is 3. The van der Waals surface area contributed by atoms with Crippen molar-refractivity contribution in [1.29, 1.82) is 0 Å². The van der Waals surface area contributed by atoms with Crippen LogP contribution in [0.4, 0.5) is 0 Å². The van der Waals surface area contributed by atoms with Gasteiger partial charge in [-0.1, -0.05) is 41.2 Å². The van der Waals surface area contributed by atoms with Crippen LogP contribution >= 0.6 is 11.3 Å². The molecule has 0 N–H and O–H groups in total. The molecular weight excluding hydrogens is 246 g/mol. The van der Waals surface area contributed by atoms with Gasteiger partial charge in [0.25, 0.3) is 0 Å². The molecule has 18 heavy (non-hydrogen) atoms. The van der Waals surface area contributed by atoms with Crippen molar-refractivity contribution in [1.82, 2.24) is 14.6 Å². The van der Waals surface area contributed by atoms with E-state index >= 15 is 0 Å². The number of ether oxygens (including phenoxy) is 1. The molecule has 3 rings (SSSR count). The summed E-state index contributed by atoms with van der Waals surface area (Å²) in [5.41, 5.74) is 3.32. The van der Waals surface area contributed by atoms with Crippen molar-refractivity contribution >= 4 is 16.3 Å². The highest BCUT2D eigenvalue weighted by atomic mass is 32.1. The summed E-state index contributed by atoms with van der Waals surface area (Å²) in [5.74, 6) is 0. The van der Waals surface area contributed by atoms with Crippen molar-refractivity contribution < 1.29 is 4.74 Å². The predicted molar refractivity (Wildman–Crippen MR) is 71.8 cm³/mol. The van der Waals surface area contributed by atoms with Crippen molar-refractivity contribution in [2.24, 2.45) is 0 Å². The van der Waals surface area contributed by atoms with Gasteiger partial charge in [0.1, 0.15) is 5.01 Å². The van der Waals surface area contributed by atoms with Gasteiger partial charge in [-0.15, -0.1) is 0 Å². The molecule has 0 atom stereocenters. The van der Waals surface area contributed by atoms with Gasteiger partial charge in [-0.3, -0.25) is 0 Å². The van der Waals surface area contributed by atoms with E-state index in [0.29, 0.717) is 6.61 Å². The van der Waals surface area contributed by atoms with E-state index in [-0.39, 0.29) is 0 Å². The molecule has 0 fully saturated rings. The lowest BCUT2D eigenvalue weighted by Crippen LogP contribution is -1.88. The lowest BCUT2D eigenvalue weighted by molar-refractivity contribution is 0.183. The average molecular weight is 259 g/mol. The first-order valence-electron chi connectivity index (χ1n) is 5.67. The number of nitrogens with zero attached hydrogens (tertiary/aromatic N) is 3. The van der Waals surface area contributed by atoms with Gasteiger partial charge in [-0.05, 0) is 6.92 Å². The van der Waals surface area contributed by atoms with Gasteiger partial charge < -0.3 is 4.74 Å². The molecule has 0 saturated carbocycles. The summed E-state index contributed by atoms with van der Waals surface area (Å²) in [6.45, 7) is 2.61. The summed E-state index contributed by atoms with van der Waals surface area (Å²) in [5, 5.41) is 5.35. The smallest absolute Gasteiger partial charge is 0.212 e. The summed E-state index contributed by atoms with van der Waals surface area (Å²) >= 11 is 1.56. The zero-order chi connectivity index (χ0) is 12.5. The highest BCUT2D eigenvalue weighted by molar-refractivity contribution is 7.16. The molecule has 0 amide bonds. The summed E-state index contributed by atoms with van der Waals surface area (Å²) < 4.78 is 6.88. The minimum absolute atomic E-state index is 0.536. The second-order valence-electron chi connectivity index (χ2n) is 4.15. The van der Waals surface area contributed by atoms with E-state index in [1.165, 1.54) is 5.56 Å². The van der Waals surface area contributed by atoms with Crippen LogP contribution in [0.3, 0.4) is 0 Å². The lowest BCUT2D eigenvalue weighted by Gasteiger charge is -1.96. The fourth-order valence-corrected chi connectivity index (χ4v) is 2.63. The van der Waals surface area contributed by atoms with Crippen molar-refractivity contribution in [3.63, 3.8) is 0 Å². The van der Waals surface area contributed by atoms with E-state index in [0.717, 1.165) is 21.2 Å². The Morgan fingerprint density at radius 3 is 2.72 bits per heavy atom. The molecule has 0 radical (unpaired) electrons. The first-order valence-corrected chi connectivity index (χ1v) is 6.49. The molecule has 0 spiro atoms. The minimum Gasteiger partial charge on any atom is -0.377 e. The van der Waals surface area contributed by atoms with E-state index in [2.05, 4.69) is 41.3 Å². The highest BCUT2D eigenvalue weighted by Crippen LogP contribution is 2.22. The Labute approximate surface area is 109 Å². The van der Waals surface area contributed by atoms with Crippen molar-refractivity contribution in [3.05, 3.63) is 41.0 Å². The quantitative estimate of drug-likeness (QED) is 0.726. The van der Waals surface area contributed by atoms with Crippen LogP contribution in [-0.4, -0.2) is 21.7 Å². The number of hydrogen-bond acceptors (Lipinski definition) is 4. The molecule has 4 nitrogen and oxygen atoms in total. The maximum Gasteiger partial charge on any atom is 0.212 e. The Hall–Kier alpha value is -1.72. The van der Waals surface area contributed by atoms with E-state index in [1.807, 2.05) is 10.7 Å². The number of fused-ring (bicyclic) bond motifs is 1. The second-order valence-corrected chi connectivity index (χ2v) is 5.19. The predicted octanol–water partition coefficient (Wildman–Crippen LogP) is 2.91. The molecule has 2 aromatic heterocycles. The van der Waals surface area contributed by atoms with Gasteiger partial charge in [0, 0.05) is 12.7 Å². The normalized spacial score (nSPS) is 11.2. The van der Waals surface area contributed by atoms with Crippen molar-refractivity contribution in [2.75, 3.05) is 7.11 Å². The SMILES string of the molecule is COCc1nn2cc(-c3ccc(C)cc3)nc2s1. The van der Waals surface area contributed by atoms with Gasteiger partial charge in [0.2, 0.25) is 4.96 Å². The number of hydrogen-bond donors (Lipinski definition) is 0. The van der Waals surface area contributed by atoms with Crippen LogP contribution in [-0.2, 0) is 11.3 Å². The van der Waals surface area contributed by atoms with E-state index < -0.39 is 0 Å². The summed E-state index contributed by atoms with van der Waals surface area (Å²) in [6.07, 6.45) is 1.95. The third-order valence-corrected chi connectivity index (χ3v) is 3.60. The Morgan fingerprint density at radius 1 is 1.28 bits per heavy atom. The fourth-order valence-electron chi connectivity index (χ4n) is 1.79. The summed E-state index contributed by atoms with van der Waals surface area (Å²) in [6, 6.07) is 8.34. The van der Waals surface area contributed by atoms with E-state index in [4.69, 9.17) is 4.74 Å². The van der Waals surface area contributed by atoms with Crippen LogP contribution in [0.1, 0.15) is 10.6 Å². The molecule has 0 saturated heterocycles. The van der Waals surface area contributed by atoms with Gasteiger partial charge in [-0.25, -0.2) is 9.50 Å². The van der Waals surface area contributed by atoms with Crippen molar-refractivity contribution in [2.45, 2.75) is 13.5 Å². The molecular formula is C13H13N3OS. The Bertz CT molecular complexity index is 638. The van der Waals surface area contributed by atoms with Crippen LogP contribution in [0, 0.1) is 6.92 Å². The minimum atomic E-state index is 0.536. The topological polar surface area (TPSA) is 39.4 Å². The molecule has 2 heterocycles. The zero-order valence-corrected chi connectivity index (χ0v) is 11.1. The van der Waals surface area contributed by atoms with Gasteiger partial charge in [0.05, 0.1) is 18.5 Å². The zero-order valence-electron chi connectivity index (χ0n) is 10.3. The fraction of sp³-hybridized carbons (Fsp3) is 0.231. The molecule has 3 aromatic rings. The Balaban J connectivity index is 1.98. The summed E-state index contributed by atoms with van der Waals surface area (Å²) in [4.78, 5) is 5.48. The molecule has 0 aliphatic carbocycles. The third-order valence-electron chi connectivity index (χ3n) is 2.70. The number of aryl methyl sites for hydroxylation is 1. The van der Waals surface area contributed by atoms with Crippen LogP contribution in [0.25, 0.3) is 16.2 Å². The standard InChI is InChI=1S/C13H13N3OS/c1-9-3-5-10(6-4-9)11-7-16-13(14-11)18-12(15-16)8-17-2/h3-7H,8H2,1-2H3. The Morgan fingerprint density at radius 2 is 2.06 bits per heavy atom. The first kappa shape index (κ1) is 11.4. The van der Waals surface area contributed by atoms with E-state index in [1.54, 1.807) is 18.4 Å². The van der Waals surface area contributed by atoms with E-state index in [9.17, 15) is 0 Å². The number of benzene rings is 1. The largest absolute Gasteiger partial charge is 0.377 e. The van der Waals surface area contributed by atoms with Gasteiger partial charge in [-0.2, -0.15) is 5.10 Å². The highest BCUT2D eigenvalue weighted by Gasteiger charge is 2.09. The number of imidazole rings is 1. The molecule has 92 valence electrons. The Kier molecular flexibility index (Phi) is 2.85. The van der Waals surface area contributed by atoms with Crippen LogP contribution in [0.5, 0.6) is 0 Å². The summed E-state index contributed by atoms with van der Waals surface area (Å²) in [7, 11) is 1.67. The number of rotatable bonds is 3. The third kappa shape index (κ3) is 2.02. The number of methoxy groups -OCH3 is 1. The molecule has 1 aromatic carbocycles. The lowest BCUT2D eigenvalue weighted by atomic mass is 10.1. The van der Waals surface area contributed by atoms with Crippen LogP contribution < -0.4 is 0 Å². The van der Waals surface area contributed by atoms with Crippen LogP contribution in [0.15, 0.2) is 30.5 Å². The monoisotopic (exact) mass is 259 g/mol. The van der Waals surface area contributed by atoms with Gasteiger partial charge >= 0.3 is 0 Å². The molecule has 0 aliphatic heterocycles. The molecule has 5 heteroatoms. The molecule has 0 unspecified atom stereocenters. The molecule has 0 aliphatic rings. The molecule has 0 bridgehead atoms. The maximum absolute atomic E-state index is 5.06. The second kappa shape index (κ2) is 4.51. The average Bonchev–Trinajstić information content (AvgIpc) is 2.88. The van der Waals surface area contributed by atoms with Crippen molar-refractivity contribution in [3.8, 4) is 11.3 Å².